The first-order chi connectivity index (χ1) is 10.1. The molecule has 5 nitrogen and oxygen atoms in total. The van der Waals surface area contributed by atoms with E-state index in [1.807, 2.05) is 5.38 Å². The van der Waals surface area contributed by atoms with Gasteiger partial charge in [-0.05, 0) is 24.1 Å². The van der Waals surface area contributed by atoms with Crippen LogP contribution in [-0.2, 0) is 0 Å². The van der Waals surface area contributed by atoms with E-state index in [0.717, 1.165) is 5.69 Å². The first-order valence-corrected chi connectivity index (χ1v) is 7.68. The number of hydrogen-bond acceptors (Lipinski definition) is 5. The Morgan fingerprint density at radius 2 is 2.05 bits per heavy atom. The number of ether oxygens (including phenoxy) is 2. The van der Waals surface area contributed by atoms with E-state index in [-0.39, 0.29) is 5.91 Å². The van der Waals surface area contributed by atoms with Gasteiger partial charge in [-0.1, -0.05) is 13.8 Å². The molecule has 0 unspecified atom stereocenters. The largest absolute Gasteiger partial charge is 0.486 e. The maximum atomic E-state index is 12.2. The number of hydrogen-bond donors (Lipinski definition) is 1. The van der Waals surface area contributed by atoms with Crippen LogP contribution in [0, 0.1) is 0 Å². The van der Waals surface area contributed by atoms with Crippen molar-refractivity contribution in [3.8, 4) is 11.5 Å². The van der Waals surface area contributed by atoms with Crippen molar-refractivity contribution in [2.45, 2.75) is 19.8 Å². The Balaban J connectivity index is 1.75. The molecule has 1 aliphatic heterocycles. The van der Waals surface area contributed by atoms with Crippen molar-refractivity contribution in [2.24, 2.45) is 0 Å². The third-order valence-corrected chi connectivity index (χ3v) is 3.91. The molecule has 3 rings (SSSR count). The zero-order valence-electron chi connectivity index (χ0n) is 11.9. The molecule has 6 heteroatoms. The molecule has 0 saturated heterocycles. The summed E-state index contributed by atoms with van der Waals surface area (Å²) < 4.78 is 10.9. The normalized spacial score (nSPS) is 13.3. The molecule has 110 valence electrons. The van der Waals surface area contributed by atoms with E-state index < -0.39 is 0 Å². The van der Waals surface area contributed by atoms with Crippen molar-refractivity contribution in [2.75, 3.05) is 18.5 Å². The molecule has 0 saturated carbocycles. The predicted molar refractivity (Wildman–Crippen MR) is 81.6 cm³/mol. The molecule has 1 N–H and O–H groups in total. The van der Waals surface area contributed by atoms with Crippen molar-refractivity contribution in [3.05, 3.63) is 34.8 Å². The standard InChI is InChI=1S/C15H16N2O3S/c1-9(2)11-8-21-15(16-11)17-14(18)10-3-4-12-13(7-10)20-6-5-19-12/h3-4,7-9H,5-6H2,1-2H3,(H,16,17,18). The lowest BCUT2D eigenvalue weighted by molar-refractivity contribution is 0.102. The lowest BCUT2D eigenvalue weighted by Crippen LogP contribution is -2.17. The second kappa shape index (κ2) is 5.73. The first-order valence-electron chi connectivity index (χ1n) is 6.80. The summed E-state index contributed by atoms with van der Waals surface area (Å²) in [5, 5.41) is 5.38. The van der Waals surface area contributed by atoms with Gasteiger partial charge in [-0.15, -0.1) is 11.3 Å². The van der Waals surface area contributed by atoms with Crippen molar-refractivity contribution in [3.63, 3.8) is 0 Å². The number of anilines is 1. The van der Waals surface area contributed by atoms with Crippen LogP contribution in [0.5, 0.6) is 11.5 Å². The minimum absolute atomic E-state index is 0.198. The third-order valence-electron chi connectivity index (χ3n) is 3.14. The molecule has 1 aromatic heterocycles. The molecule has 1 aliphatic rings. The molecule has 21 heavy (non-hydrogen) atoms. The van der Waals surface area contributed by atoms with Gasteiger partial charge in [0, 0.05) is 10.9 Å². The van der Waals surface area contributed by atoms with Gasteiger partial charge in [-0.3, -0.25) is 10.1 Å². The van der Waals surface area contributed by atoms with Gasteiger partial charge in [0.1, 0.15) is 13.2 Å². The van der Waals surface area contributed by atoms with Gasteiger partial charge in [0.15, 0.2) is 16.6 Å². The van der Waals surface area contributed by atoms with Crippen LogP contribution in [0.25, 0.3) is 0 Å². The Morgan fingerprint density at radius 3 is 2.76 bits per heavy atom. The zero-order chi connectivity index (χ0) is 14.8. The van der Waals surface area contributed by atoms with Gasteiger partial charge in [0.2, 0.25) is 0 Å². The number of rotatable bonds is 3. The monoisotopic (exact) mass is 304 g/mol. The smallest absolute Gasteiger partial charge is 0.257 e. The van der Waals surface area contributed by atoms with Crippen LogP contribution in [0.4, 0.5) is 5.13 Å². The highest BCUT2D eigenvalue weighted by Gasteiger charge is 2.16. The summed E-state index contributed by atoms with van der Waals surface area (Å²) in [5.41, 5.74) is 1.51. The fourth-order valence-corrected chi connectivity index (χ4v) is 2.83. The average molecular weight is 304 g/mol. The predicted octanol–water partition coefficient (Wildman–Crippen LogP) is 3.29. The third kappa shape index (κ3) is 3.00. The number of amides is 1. The van der Waals surface area contributed by atoms with Gasteiger partial charge in [-0.25, -0.2) is 4.98 Å². The summed E-state index contributed by atoms with van der Waals surface area (Å²) in [6.07, 6.45) is 0. The van der Waals surface area contributed by atoms with Crippen LogP contribution < -0.4 is 14.8 Å². The number of aromatic nitrogens is 1. The minimum atomic E-state index is -0.198. The fraction of sp³-hybridized carbons (Fsp3) is 0.333. The Labute approximate surface area is 126 Å². The highest BCUT2D eigenvalue weighted by Crippen LogP contribution is 2.31. The average Bonchev–Trinajstić information content (AvgIpc) is 2.95. The Kier molecular flexibility index (Phi) is 3.79. The molecule has 0 fully saturated rings. The zero-order valence-corrected chi connectivity index (χ0v) is 12.7. The van der Waals surface area contributed by atoms with E-state index in [0.29, 0.717) is 41.3 Å². The summed E-state index contributed by atoms with van der Waals surface area (Å²) in [6, 6.07) is 5.17. The van der Waals surface area contributed by atoms with Gasteiger partial charge in [0.05, 0.1) is 5.69 Å². The van der Waals surface area contributed by atoms with Crippen LogP contribution in [0.1, 0.15) is 35.8 Å². The summed E-state index contributed by atoms with van der Waals surface area (Å²) in [6.45, 7) is 5.18. The molecule has 2 heterocycles. The number of thiazole rings is 1. The Hall–Kier alpha value is -2.08. The van der Waals surface area contributed by atoms with Gasteiger partial charge in [0.25, 0.3) is 5.91 Å². The van der Waals surface area contributed by atoms with Crippen molar-refractivity contribution < 1.29 is 14.3 Å². The number of nitrogens with zero attached hydrogens (tertiary/aromatic N) is 1. The van der Waals surface area contributed by atoms with Crippen LogP contribution in [0.3, 0.4) is 0 Å². The molecule has 0 aliphatic carbocycles. The second-order valence-corrected chi connectivity index (χ2v) is 5.90. The van der Waals surface area contributed by atoms with E-state index in [2.05, 4.69) is 24.1 Å². The molecule has 0 radical (unpaired) electrons. The second-order valence-electron chi connectivity index (χ2n) is 5.04. The van der Waals surface area contributed by atoms with E-state index in [9.17, 15) is 4.79 Å². The molecule has 0 spiro atoms. The van der Waals surface area contributed by atoms with Gasteiger partial charge in [-0.2, -0.15) is 0 Å². The molecule has 1 aromatic carbocycles. The molecular formula is C15H16N2O3S. The number of nitrogens with one attached hydrogen (secondary N) is 1. The highest BCUT2D eigenvalue weighted by atomic mass is 32.1. The van der Waals surface area contributed by atoms with E-state index >= 15 is 0 Å². The minimum Gasteiger partial charge on any atom is -0.486 e. The van der Waals surface area contributed by atoms with Crippen LogP contribution in [0.15, 0.2) is 23.6 Å². The first kappa shape index (κ1) is 13.9. The molecule has 0 bridgehead atoms. The van der Waals surface area contributed by atoms with Crippen LogP contribution in [-0.4, -0.2) is 24.1 Å². The molecule has 0 atom stereocenters. The number of benzene rings is 1. The summed E-state index contributed by atoms with van der Waals surface area (Å²) >= 11 is 1.43. The lowest BCUT2D eigenvalue weighted by Gasteiger charge is -2.18. The van der Waals surface area contributed by atoms with Crippen LogP contribution >= 0.6 is 11.3 Å². The van der Waals surface area contributed by atoms with Crippen molar-refractivity contribution in [1.29, 1.82) is 0 Å². The molecular weight excluding hydrogens is 288 g/mol. The Bertz CT molecular complexity index is 667. The summed E-state index contributed by atoms with van der Waals surface area (Å²) in [4.78, 5) is 16.6. The lowest BCUT2D eigenvalue weighted by atomic mass is 10.2. The number of carbonyl (C=O) groups is 1. The fourth-order valence-electron chi connectivity index (χ4n) is 1.96. The molecule has 2 aromatic rings. The Morgan fingerprint density at radius 1 is 1.29 bits per heavy atom. The van der Waals surface area contributed by atoms with E-state index in [4.69, 9.17) is 9.47 Å². The van der Waals surface area contributed by atoms with Crippen molar-refractivity contribution >= 4 is 22.4 Å². The maximum absolute atomic E-state index is 12.2. The van der Waals surface area contributed by atoms with Crippen molar-refractivity contribution in [1.82, 2.24) is 4.98 Å². The SMILES string of the molecule is CC(C)c1csc(NC(=O)c2ccc3c(c2)OCCO3)n1. The van der Waals surface area contributed by atoms with E-state index in [1.165, 1.54) is 11.3 Å². The van der Waals surface area contributed by atoms with Crippen LogP contribution in [0.2, 0.25) is 0 Å². The summed E-state index contributed by atoms with van der Waals surface area (Å²) in [5.74, 6) is 1.43. The topological polar surface area (TPSA) is 60.5 Å². The van der Waals surface area contributed by atoms with Gasteiger partial charge < -0.3 is 9.47 Å². The quantitative estimate of drug-likeness (QED) is 0.945. The maximum Gasteiger partial charge on any atom is 0.257 e. The van der Waals surface area contributed by atoms with E-state index in [1.54, 1.807) is 18.2 Å². The summed E-state index contributed by atoms with van der Waals surface area (Å²) in [7, 11) is 0. The highest BCUT2D eigenvalue weighted by molar-refractivity contribution is 7.14. The van der Waals surface area contributed by atoms with Gasteiger partial charge >= 0.3 is 0 Å². The molecule has 1 amide bonds. The number of carbonyl (C=O) groups excluding carboxylic acids is 1. The number of fused-ring (bicyclic) bond motifs is 1.